The molecule has 124 valence electrons. The molecule has 4 nitrogen and oxygen atoms in total. The summed E-state index contributed by atoms with van der Waals surface area (Å²) in [6.07, 6.45) is 12.1. The quantitative estimate of drug-likeness (QED) is 0.290. The van der Waals surface area contributed by atoms with E-state index in [-0.39, 0.29) is 36.6 Å². The smallest absolute Gasteiger partial charge is 1.00 e. The SMILES string of the molecule is C=C(C(=O)O)C(CCCCCCCCCCCC)C(=O)O.[H-].[Na+]. The molecule has 0 bridgehead atoms. The molecule has 0 aliphatic heterocycles. The number of rotatable bonds is 14. The zero-order valence-corrected chi connectivity index (χ0v) is 16.3. The number of aliphatic carboxylic acids is 2. The molecule has 0 fully saturated rings. The van der Waals surface area contributed by atoms with Gasteiger partial charge in [-0.3, -0.25) is 4.79 Å². The van der Waals surface area contributed by atoms with Crippen LogP contribution in [-0.2, 0) is 9.59 Å². The van der Waals surface area contributed by atoms with Crippen molar-refractivity contribution in [1.29, 1.82) is 0 Å². The molecule has 0 aromatic heterocycles. The maximum Gasteiger partial charge on any atom is 1.00 e. The van der Waals surface area contributed by atoms with Crippen LogP contribution in [0.1, 0.15) is 79.0 Å². The van der Waals surface area contributed by atoms with Crippen LogP contribution in [0.25, 0.3) is 0 Å². The summed E-state index contributed by atoms with van der Waals surface area (Å²) in [5, 5.41) is 17.8. The van der Waals surface area contributed by atoms with Gasteiger partial charge >= 0.3 is 41.5 Å². The van der Waals surface area contributed by atoms with Gasteiger partial charge in [-0.05, 0) is 6.42 Å². The Morgan fingerprint density at radius 3 is 1.68 bits per heavy atom. The van der Waals surface area contributed by atoms with Crippen molar-refractivity contribution in [2.24, 2.45) is 5.92 Å². The van der Waals surface area contributed by atoms with Gasteiger partial charge in [0.25, 0.3) is 0 Å². The molecule has 5 heteroatoms. The normalized spacial score (nSPS) is 11.5. The van der Waals surface area contributed by atoms with E-state index in [1.807, 2.05) is 0 Å². The summed E-state index contributed by atoms with van der Waals surface area (Å²) in [4.78, 5) is 21.8. The zero-order valence-electron chi connectivity index (χ0n) is 15.3. The Morgan fingerprint density at radius 1 is 0.909 bits per heavy atom. The number of hydrogen-bond acceptors (Lipinski definition) is 2. The summed E-state index contributed by atoms with van der Waals surface area (Å²) in [6, 6.07) is 0. The van der Waals surface area contributed by atoms with Gasteiger partial charge in [-0.25, -0.2) is 4.79 Å². The van der Waals surface area contributed by atoms with Crippen LogP contribution in [-0.4, -0.2) is 22.2 Å². The molecule has 0 aliphatic carbocycles. The molecule has 0 heterocycles. The molecule has 1 unspecified atom stereocenters. The Labute approximate surface area is 158 Å². The molecule has 0 aliphatic rings. The zero-order chi connectivity index (χ0) is 16.1. The molecule has 0 saturated heterocycles. The van der Waals surface area contributed by atoms with Gasteiger partial charge in [-0.15, -0.1) is 0 Å². The molecule has 0 saturated carbocycles. The fourth-order valence-electron chi connectivity index (χ4n) is 2.43. The summed E-state index contributed by atoms with van der Waals surface area (Å²) < 4.78 is 0. The van der Waals surface area contributed by atoms with Crippen LogP contribution < -0.4 is 29.6 Å². The first-order valence-corrected chi connectivity index (χ1v) is 8.15. The van der Waals surface area contributed by atoms with Crippen LogP contribution in [0.15, 0.2) is 12.2 Å². The first-order chi connectivity index (χ1) is 10.0. The monoisotopic (exact) mass is 322 g/mol. The van der Waals surface area contributed by atoms with Crippen molar-refractivity contribution in [2.75, 3.05) is 0 Å². The van der Waals surface area contributed by atoms with Crippen LogP contribution in [0.4, 0.5) is 0 Å². The Bertz CT molecular complexity index is 335. The van der Waals surface area contributed by atoms with Crippen molar-refractivity contribution < 1.29 is 50.8 Å². The summed E-state index contributed by atoms with van der Waals surface area (Å²) in [6.45, 7) is 5.57. The molecule has 22 heavy (non-hydrogen) atoms. The second-order valence-corrected chi connectivity index (χ2v) is 5.69. The van der Waals surface area contributed by atoms with Crippen LogP contribution in [0.5, 0.6) is 0 Å². The van der Waals surface area contributed by atoms with E-state index in [0.717, 1.165) is 19.3 Å². The molecule has 0 radical (unpaired) electrons. The summed E-state index contributed by atoms with van der Waals surface area (Å²) in [5.41, 5.74) is -0.210. The van der Waals surface area contributed by atoms with Gasteiger partial charge in [0, 0.05) is 5.57 Å². The molecule has 0 amide bonds. The first kappa shape index (κ1) is 23.9. The van der Waals surface area contributed by atoms with Gasteiger partial charge in [-0.1, -0.05) is 77.7 Å². The second kappa shape index (κ2) is 15.6. The molecule has 0 spiro atoms. The minimum atomic E-state index is -1.21. The average Bonchev–Trinajstić information content (AvgIpc) is 2.43. The van der Waals surface area contributed by atoms with Crippen molar-refractivity contribution in [2.45, 2.75) is 77.6 Å². The van der Waals surface area contributed by atoms with E-state index in [9.17, 15) is 9.59 Å². The van der Waals surface area contributed by atoms with Gasteiger partial charge in [-0.2, -0.15) is 0 Å². The van der Waals surface area contributed by atoms with Crippen LogP contribution in [0, 0.1) is 5.92 Å². The third kappa shape index (κ3) is 12.2. The van der Waals surface area contributed by atoms with Gasteiger partial charge in [0.05, 0.1) is 5.92 Å². The van der Waals surface area contributed by atoms with E-state index in [1.165, 1.54) is 44.9 Å². The first-order valence-electron chi connectivity index (χ1n) is 8.15. The average molecular weight is 322 g/mol. The number of carboxylic acid groups (broad SMARTS) is 2. The van der Waals surface area contributed by atoms with Gasteiger partial charge in [0.2, 0.25) is 0 Å². The van der Waals surface area contributed by atoms with Crippen molar-refractivity contribution in [1.82, 2.24) is 0 Å². The van der Waals surface area contributed by atoms with Crippen molar-refractivity contribution in [3.63, 3.8) is 0 Å². The van der Waals surface area contributed by atoms with Crippen molar-refractivity contribution in [3.05, 3.63) is 12.2 Å². The van der Waals surface area contributed by atoms with Gasteiger partial charge in [0.15, 0.2) is 0 Å². The van der Waals surface area contributed by atoms with E-state index >= 15 is 0 Å². The third-order valence-electron chi connectivity index (χ3n) is 3.84. The number of carbonyl (C=O) groups is 2. The van der Waals surface area contributed by atoms with Crippen molar-refractivity contribution in [3.8, 4) is 0 Å². The minimum Gasteiger partial charge on any atom is -1.00 e. The maximum atomic E-state index is 11.0. The predicted octanol–water partition coefficient (Wildman–Crippen LogP) is 1.76. The minimum absolute atomic E-state index is 0. The van der Waals surface area contributed by atoms with Crippen LogP contribution >= 0.6 is 0 Å². The number of carboxylic acids is 2. The number of unbranched alkanes of at least 4 members (excludes halogenated alkanes) is 9. The maximum absolute atomic E-state index is 11.0. The van der Waals surface area contributed by atoms with E-state index < -0.39 is 17.9 Å². The Kier molecular flexibility index (Phi) is 16.9. The standard InChI is InChI=1S/C17H30O4.Na.H/c1-3-4-5-6-7-8-9-10-11-12-13-15(17(20)21)14(2)16(18)19;;/h15H,2-13H2,1H3,(H,18,19)(H,20,21);;/q;+1;-1. The Morgan fingerprint density at radius 2 is 1.32 bits per heavy atom. The molecule has 1 atom stereocenters. The third-order valence-corrected chi connectivity index (χ3v) is 3.84. The van der Waals surface area contributed by atoms with E-state index in [4.69, 9.17) is 10.2 Å². The molecule has 2 N–H and O–H groups in total. The van der Waals surface area contributed by atoms with Crippen molar-refractivity contribution >= 4 is 11.9 Å². The van der Waals surface area contributed by atoms with E-state index in [2.05, 4.69) is 13.5 Å². The fraction of sp³-hybridized carbons (Fsp3) is 0.765. The van der Waals surface area contributed by atoms with Crippen LogP contribution in [0.2, 0.25) is 0 Å². The van der Waals surface area contributed by atoms with Gasteiger partial charge < -0.3 is 11.6 Å². The molecule has 0 aromatic carbocycles. The molecular weight excluding hydrogens is 291 g/mol. The van der Waals surface area contributed by atoms with Crippen LogP contribution in [0.3, 0.4) is 0 Å². The van der Waals surface area contributed by atoms with E-state index in [1.54, 1.807) is 0 Å². The van der Waals surface area contributed by atoms with E-state index in [0.29, 0.717) is 6.42 Å². The topological polar surface area (TPSA) is 74.6 Å². The Hall–Kier alpha value is -0.320. The molecule has 0 aromatic rings. The summed E-state index contributed by atoms with van der Waals surface area (Å²) in [5.74, 6) is -3.25. The Balaban J connectivity index is -0.00000200. The largest absolute Gasteiger partial charge is 1.00 e. The predicted molar refractivity (Wildman–Crippen MR) is 85.5 cm³/mol. The number of hydrogen-bond donors (Lipinski definition) is 2. The van der Waals surface area contributed by atoms with Gasteiger partial charge in [0.1, 0.15) is 0 Å². The molecular formula is C17H31NaO4. The summed E-state index contributed by atoms with van der Waals surface area (Å²) in [7, 11) is 0. The fourth-order valence-corrected chi connectivity index (χ4v) is 2.43. The summed E-state index contributed by atoms with van der Waals surface area (Å²) >= 11 is 0. The second-order valence-electron chi connectivity index (χ2n) is 5.69. The molecule has 0 rings (SSSR count).